The van der Waals surface area contributed by atoms with Gasteiger partial charge in [0.15, 0.2) is 0 Å². The first-order chi connectivity index (χ1) is 9.40. The van der Waals surface area contributed by atoms with Gasteiger partial charge in [-0.1, -0.05) is 0 Å². The molecule has 2 atom stereocenters. The Hall–Kier alpha value is -1.11. The van der Waals surface area contributed by atoms with Crippen LogP contribution >= 0.6 is 10.7 Å². The first-order valence-corrected chi connectivity index (χ1v) is 8.59. The summed E-state index contributed by atoms with van der Waals surface area (Å²) >= 11 is 0. The molecule has 0 bridgehead atoms. The van der Waals surface area contributed by atoms with Gasteiger partial charge >= 0.3 is 0 Å². The predicted molar refractivity (Wildman–Crippen MR) is 75.4 cm³/mol. The van der Waals surface area contributed by atoms with Crippen molar-refractivity contribution < 1.29 is 17.9 Å². The van der Waals surface area contributed by atoms with Gasteiger partial charge in [0.1, 0.15) is 0 Å². The van der Waals surface area contributed by atoms with Crippen molar-refractivity contribution in [1.29, 1.82) is 0 Å². The average molecular weight is 318 g/mol. The number of ether oxygens (including phenoxy) is 1. The van der Waals surface area contributed by atoms with E-state index in [-0.39, 0.29) is 22.9 Å². The summed E-state index contributed by atoms with van der Waals surface area (Å²) in [6.07, 6.45) is 2.82. The molecule has 0 saturated heterocycles. The normalized spacial score (nSPS) is 22.7. The number of nitrogens with one attached hydrogen (secondary N) is 1. The molecule has 1 aromatic carbocycles. The third-order valence-corrected chi connectivity index (χ3v) is 4.82. The van der Waals surface area contributed by atoms with Crippen molar-refractivity contribution in [2.24, 2.45) is 0 Å². The lowest BCUT2D eigenvalue weighted by atomic mass is 10.2. The van der Waals surface area contributed by atoms with E-state index in [1.165, 1.54) is 24.3 Å². The first kappa shape index (κ1) is 15.3. The highest BCUT2D eigenvalue weighted by Gasteiger charge is 2.25. The Bertz CT molecular complexity index is 585. The average Bonchev–Trinajstić information content (AvgIpc) is 2.85. The van der Waals surface area contributed by atoms with Gasteiger partial charge in [0.25, 0.3) is 15.0 Å². The highest BCUT2D eigenvalue weighted by Crippen LogP contribution is 2.22. The van der Waals surface area contributed by atoms with Crippen LogP contribution in [0.4, 0.5) is 0 Å². The van der Waals surface area contributed by atoms with Crippen molar-refractivity contribution in [3.05, 3.63) is 29.8 Å². The Morgan fingerprint density at radius 1 is 1.30 bits per heavy atom. The topological polar surface area (TPSA) is 72.5 Å². The number of amides is 1. The number of rotatable bonds is 4. The van der Waals surface area contributed by atoms with E-state index in [1.54, 1.807) is 7.11 Å². The van der Waals surface area contributed by atoms with Crippen LogP contribution in [0.3, 0.4) is 0 Å². The first-order valence-electron chi connectivity index (χ1n) is 6.28. The summed E-state index contributed by atoms with van der Waals surface area (Å²) in [5.74, 6) is -0.217. The number of carbonyl (C=O) groups is 1. The highest BCUT2D eigenvalue weighted by atomic mass is 35.7. The van der Waals surface area contributed by atoms with Gasteiger partial charge in [0.05, 0.1) is 11.0 Å². The minimum atomic E-state index is -3.75. The zero-order valence-electron chi connectivity index (χ0n) is 11.0. The van der Waals surface area contributed by atoms with E-state index in [2.05, 4.69) is 5.32 Å². The molecule has 1 aliphatic carbocycles. The summed E-state index contributed by atoms with van der Waals surface area (Å²) in [4.78, 5) is 12.0. The van der Waals surface area contributed by atoms with Crippen LogP contribution in [0.2, 0.25) is 0 Å². The standard InChI is InChI=1S/C13H16ClNO4S/c1-19-11-5-4-10(8-11)15-13(16)9-2-6-12(7-3-9)20(14,17)18/h2-3,6-7,10-11H,4-5,8H2,1H3,(H,15,16). The molecular formula is C13H16ClNO4S. The second-order valence-electron chi connectivity index (χ2n) is 4.80. The van der Waals surface area contributed by atoms with Gasteiger partial charge in [0, 0.05) is 29.4 Å². The Labute approximate surface area is 122 Å². The molecule has 1 saturated carbocycles. The summed E-state index contributed by atoms with van der Waals surface area (Å²) < 4.78 is 27.5. The number of carbonyl (C=O) groups excluding carboxylic acids is 1. The molecule has 1 N–H and O–H groups in total. The zero-order valence-corrected chi connectivity index (χ0v) is 12.6. The summed E-state index contributed by atoms with van der Waals surface area (Å²) in [6, 6.07) is 5.65. The highest BCUT2D eigenvalue weighted by molar-refractivity contribution is 8.13. The van der Waals surface area contributed by atoms with E-state index >= 15 is 0 Å². The summed E-state index contributed by atoms with van der Waals surface area (Å²) in [5.41, 5.74) is 0.412. The van der Waals surface area contributed by atoms with Crippen molar-refractivity contribution in [2.45, 2.75) is 36.3 Å². The van der Waals surface area contributed by atoms with Crippen LogP contribution in [-0.2, 0) is 13.8 Å². The lowest BCUT2D eigenvalue weighted by molar-refractivity contribution is 0.0915. The Kier molecular flexibility index (Phi) is 4.67. The lowest BCUT2D eigenvalue weighted by Crippen LogP contribution is -2.33. The molecule has 1 aliphatic rings. The molecule has 7 heteroatoms. The van der Waals surface area contributed by atoms with Crippen LogP contribution in [0.15, 0.2) is 29.2 Å². The van der Waals surface area contributed by atoms with E-state index in [0.717, 1.165) is 19.3 Å². The van der Waals surface area contributed by atoms with Crippen LogP contribution in [0.1, 0.15) is 29.6 Å². The van der Waals surface area contributed by atoms with Gasteiger partial charge < -0.3 is 10.1 Å². The number of methoxy groups -OCH3 is 1. The van der Waals surface area contributed by atoms with Crippen LogP contribution in [-0.4, -0.2) is 33.6 Å². The monoisotopic (exact) mass is 317 g/mol. The molecule has 0 heterocycles. The summed E-state index contributed by atoms with van der Waals surface area (Å²) in [7, 11) is 3.13. The van der Waals surface area contributed by atoms with E-state index < -0.39 is 9.05 Å². The van der Waals surface area contributed by atoms with Crippen molar-refractivity contribution in [2.75, 3.05) is 7.11 Å². The van der Waals surface area contributed by atoms with Crippen molar-refractivity contribution in [3.63, 3.8) is 0 Å². The maximum atomic E-state index is 12.0. The Morgan fingerprint density at radius 2 is 1.95 bits per heavy atom. The van der Waals surface area contributed by atoms with E-state index in [9.17, 15) is 13.2 Å². The maximum absolute atomic E-state index is 12.0. The molecular weight excluding hydrogens is 302 g/mol. The third-order valence-electron chi connectivity index (χ3n) is 3.45. The molecule has 0 spiro atoms. The van der Waals surface area contributed by atoms with Gasteiger partial charge in [0.2, 0.25) is 0 Å². The molecule has 5 nitrogen and oxygen atoms in total. The molecule has 1 fully saturated rings. The van der Waals surface area contributed by atoms with Gasteiger partial charge in [-0.3, -0.25) is 4.79 Å². The second-order valence-corrected chi connectivity index (χ2v) is 7.37. The van der Waals surface area contributed by atoms with Crippen LogP contribution in [0.5, 0.6) is 0 Å². The fourth-order valence-corrected chi connectivity index (χ4v) is 3.09. The smallest absolute Gasteiger partial charge is 0.261 e. The molecule has 1 aromatic rings. The van der Waals surface area contributed by atoms with Crippen LogP contribution in [0.25, 0.3) is 0 Å². The van der Waals surface area contributed by atoms with Crippen LogP contribution < -0.4 is 5.32 Å². The molecule has 2 rings (SSSR count). The van der Waals surface area contributed by atoms with Crippen molar-refractivity contribution >= 4 is 25.6 Å². The van der Waals surface area contributed by atoms with Gasteiger partial charge in [-0.05, 0) is 43.5 Å². The van der Waals surface area contributed by atoms with Gasteiger partial charge in [-0.15, -0.1) is 0 Å². The summed E-state index contributed by atoms with van der Waals surface area (Å²) in [6.45, 7) is 0. The van der Waals surface area contributed by atoms with E-state index in [1.807, 2.05) is 0 Å². The molecule has 20 heavy (non-hydrogen) atoms. The van der Waals surface area contributed by atoms with Gasteiger partial charge in [-0.2, -0.15) is 0 Å². The fraction of sp³-hybridized carbons (Fsp3) is 0.462. The molecule has 0 aliphatic heterocycles. The van der Waals surface area contributed by atoms with Gasteiger partial charge in [-0.25, -0.2) is 8.42 Å². The number of hydrogen-bond donors (Lipinski definition) is 1. The quantitative estimate of drug-likeness (QED) is 0.861. The molecule has 110 valence electrons. The molecule has 0 aromatic heterocycles. The Balaban J connectivity index is 2.00. The summed E-state index contributed by atoms with van der Waals surface area (Å²) in [5, 5.41) is 2.92. The number of halogens is 1. The minimum absolute atomic E-state index is 0.0176. The molecule has 1 amide bonds. The minimum Gasteiger partial charge on any atom is -0.381 e. The number of benzene rings is 1. The third kappa shape index (κ3) is 3.71. The fourth-order valence-electron chi connectivity index (χ4n) is 2.32. The van der Waals surface area contributed by atoms with E-state index in [4.69, 9.17) is 15.4 Å². The molecule has 0 radical (unpaired) electrons. The zero-order chi connectivity index (χ0) is 14.8. The second kappa shape index (κ2) is 6.11. The van der Waals surface area contributed by atoms with Crippen molar-refractivity contribution in [1.82, 2.24) is 5.32 Å². The maximum Gasteiger partial charge on any atom is 0.261 e. The Morgan fingerprint density at radius 3 is 2.45 bits per heavy atom. The number of hydrogen-bond acceptors (Lipinski definition) is 4. The largest absolute Gasteiger partial charge is 0.381 e. The van der Waals surface area contributed by atoms with Crippen LogP contribution in [0, 0.1) is 0 Å². The molecule has 2 unspecified atom stereocenters. The van der Waals surface area contributed by atoms with E-state index in [0.29, 0.717) is 5.56 Å². The van der Waals surface area contributed by atoms with Crippen molar-refractivity contribution in [3.8, 4) is 0 Å². The lowest BCUT2D eigenvalue weighted by Gasteiger charge is -2.13. The SMILES string of the molecule is COC1CCC(NC(=O)c2ccc(S(=O)(=O)Cl)cc2)C1. The predicted octanol–water partition coefficient (Wildman–Crippen LogP) is 1.91.